The van der Waals surface area contributed by atoms with Crippen molar-refractivity contribution in [3.8, 4) is 0 Å². The van der Waals surface area contributed by atoms with Gasteiger partial charge in [-0.2, -0.15) is 0 Å². The standard InChI is InChI=1S/C23H29NO/c1-16(21(25)24-18-9-7-6-8-10-18)17-11-12-19-20(15-17)23(4,5)14-13-22(19,2)3/h6-12,15-16H,13-14H2,1-5H3,(H,24,25). The molecule has 1 unspecified atom stereocenters. The van der Waals surface area contributed by atoms with Crippen molar-refractivity contribution in [2.45, 2.75) is 64.2 Å². The molecule has 1 aliphatic carbocycles. The van der Waals surface area contributed by atoms with Crippen LogP contribution in [0.25, 0.3) is 0 Å². The highest BCUT2D eigenvalue weighted by Crippen LogP contribution is 2.46. The number of fused-ring (bicyclic) bond motifs is 1. The predicted octanol–water partition coefficient (Wildman–Crippen LogP) is 5.78. The zero-order valence-electron chi connectivity index (χ0n) is 16.0. The van der Waals surface area contributed by atoms with Gasteiger partial charge in [0.1, 0.15) is 0 Å². The quantitative estimate of drug-likeness (QED) is 0.757. The topological polar surface area (TPSA) is 29.1 Å². The summed E-state index contributed by atoms with van der Waals surface area (Å²) in [5.74, 6) is -0.134. The highest BCUT2D eigenvalue weighted by Gasteiger charge is 2.37. The predicted molar refractivity (Wildman–Crippen MR) is 105 cm³/mol. The molecule has 2 aromatic carbocycles. The van der Waals surface area contributed by atoms with Crippen LogP contribution >= 0.6 is 0 Å². The van der Waals surface area contributed by atoms with E-state index in [4.69, 9.17) is 0 Å². The molecule has 132 valence electrons. The summed E-state index contributed by atoms with van der Waals surface area (Å²) in [6, 6.07) is 16.3. The van der Waals surface area contributed by atoms with Crippen molar-refractivity contribution in [2.24, 2.45) is 0 Å². The van der Waals surface area contributed by atoms with Crippen molar-refractivity contribution in [1.29, 1.82) is 0 Å². The molecule has 2 aromatic rings. The fourth-order valence-corrected chi connectivity index (χ4v) is 3.80. The van der Waals surface area contributed by atoms with Crippen molar-refractivity contribution < 1.29 is 4.79 Å². The second-order valence-corrected chi connectivity index (χ2v) is 8.65. The molecule has 25 heavy (non-hydrogen) atoms. The number of hydrogen-bond donors (Lipinski definition) is 1. The fourth-order valence-electron chi connectivity index (χ4n) is 3.80. The van der Waals surface area contributed by atoms with E-state index in [1.165, 1.54) is 24.0 Å². The molecule has 1 amide bonds. The van der Waals surface area contributed by atoms with Crippen LogP contribution in [0.3, 0.4) is 0 Å². The van der Waals surface area contributed by atoms with Gasteiger partial charge in [-0.15, -0.1) is 0 Å². The summed E-state index contributed by atoms with van der Waals surface area (Å²) in [5.41, 5.74) is 5.15. The van der Waals surface area contributed by atoms with Crippen LogP contribution < -0.4 is 5.32 Å². The minimum Gasteiger partial charge on any atom is -0.326 e. The molecule has 2 heteroatoms. The monoisotopic (exact) mass is 335 g/mol. The Kier molecular flexibility index (Phi) is 4.49. The van der Waals surface area contributed by atoms with Crippen molar-refractivity contribution in [3.05, 3.63) is 65.2 Å². The summed E-state index contributed by atoms with van der Waals surface area (Å²) in [7, 11) is 0. The SMILES string of the molecule is CC(C(=O)Nc1ccccc1)c1ccc2c(c1)C(C)(C)CCC2(C)C. The molecular weight excluding hydrogens is 306 g/mol. The lowest BCUT2D eigenvalue weighted by Gasteiger charge is -2.42. The van der Waals surface area contributed by atoms with Gasteiger partial charge < -0.3 is 5.32 Å². The Balaban J connectivity index is 1.89. The van der Waals surface area contributed by atoms with Gasteiger partial charge in [0.25, 0.3) is 0 Å². The molecule has 1 aliphatic rings. The molecule has 0 heterocycles. The lowest BCUT2D eigenvalue weighted by atomic mass is 9.62. The van der Waals surface area contributed by atoms with Gasteiger partial charge in [0.05, 0.1) is 5.92 Å². The van der Waals surface area contributed by atoms with E-state index in [0.29, 0.717) is 0 Å². The Hall–Kier alpha value is -2.09. The molecule has 0 spiro atoms. The summed E-state index contributed by atoms with van der Waals surface area (Å²) in [6.07, 6.45) is 2.39. The zero-order chi connectivity index (χ0) is 18.2. The molecule has 2 nitrogen and oxygen atoms in total. The van der Waals surface area contributed by atoms with Crippen molar-refractivity contribution >= 4 is 11.6 Å². The second kappa shape index (κ2) is 6.33. The van der Waals surface area contributed by atoms with Crippen molar-refractivity contribution in [2.75, 3.05) is 5.32 Å². The molecule has 0 radical (unpaired) electrons. The molecule has 3 rings (SSSR count). The minimum absolute atomic E-state index is 0.0408. The van der Waals surface area contributed by atoms with E-state index in [1.54, 1.807) is 0 Å². The van der Waals surface area contributed by atoms with Gasteiger partial charge in [0.15, 0.2) is 0 Å². The van der Waals surface area contributed by atoms with Crippen molar-refractivity contribution in [3.63, 3.8) is 0 Å². The van der Waals surface area contributed by atoms with Gasteiger partial charge >= 0.3 is 0 Å². The van der Waals surface area contributed by atoms with Crippen molar-refractivity contribution in [1.82, 2.24) is 0 Å². The summed E-state index contributed by atoms with van der Waals surface area (Å²) in [5, 5.41) is 3.02. The first kappa shape index (κ1) is 17.7. The molecule has 0 aromatic heterocycles. The number of para-hydroxylation sites is 1. The van der Waals surface area contributed by atoms with E-state index in [1.807, 2.05) is 37.3 Å². The highest BCUT2D eigenvalue weighted by atomic mass is 16.1. The van der Waals surface area contributed by atoms with E-state index in [-0.39, 0.29) is 22.7 Å². The van der Waals surface area contributed by atoms with Gasteiger partial charge in [-0.1, -0.05) is 64.1 Å². The number of hydrogen-bond acceptors (Lipinski definition) is 1. The normalized spacial score (nSPS) is 18.9. The van der Waals surface area contributed by atoms with Gasteiger partial charge in [-0.05, 0) is 59.4 Å². The number of nitrogens with one attached hydrogen (secondary N) is 1. The number of carbonyl (C=O) groups excluding carboxylic acids is 1. The summed E-state index contributed by atoms with van der Waals surface area (Å²) in [4.78, 5) is 12.7. The first-order chi connectivity index (χ1) is 11.7. The third-order valence-electron chi connectivity index (χ3n) is 5.81. The van der Waals surface area contributed by atoms with Crippen LogP contribution in [0.2, 0.25) is 0 Å². The van der Waals surface area contributed by atoms with Crippen LogP contribution in [-0.2, 0) is 15.6 Å². The lowest BCUT2D eigenvalue weighted by molar-refractivity contribution is -0.117. The average Bonchev–Trinajstić information content (AvgIpc) is 2.59. The maximum atomic E-state index is 12.7. The largest absolute Gasteiger partial charge is 0.326 e. The lowest BCUT2D eigenvalue weighted by Crippen LogP contribution is -2.34. The molecule has 0 fully saturated rings. The first-order valence-electron chi connectivity index (χ1n) is 9.21. The van der Waals surface area contributed by atoms with E-state index in [2.05, 4.69) is 51.2 Å². The Morgan fingerprint density at radius 1 is 0.920 bits per heavy atom. The molecule has 0 saturated heterocycles. The maximum absolute atomic E-state index is 12.7. The average molecular weight is 335 g/mol. The van der Waals surface area contributed by atoms with E-state index in [0.717, 1.165) is 11.3 Å². The van der Waals surface area contributed by atoms with E-state index >= 15 is 0 Å². The smallest absolute Gasteiger partial charge is 0.231 e. The molecule has 1 atom stereocenters. The summed E-state index contributed by atoms with van der Waals surface area (Å²) >= 11 is 0. The third-order valence-corrected chi connectivity index (χ3v) is 5.81. The Morgan fingerprint density at radius 2 is 1.52 bits per heavy atom. The van der Waals surface area contributed by atoms with Gasteiger partial charge in [-0.3, -0.25) is 4.79 Å². The van der Waals surface area contributed by atoms with Gasteiger partial charge in [-0.25, -0.2) is 0 Å². The van der Waals surface area contributed by atoms with Gasteiger partial charge in [0, 0.05) is 5.69 Å². The number of anilines is 1. The number of carbonyl (C=O) groups is 1. The molecule has 1 N–H and O–H groups in total. The second-order valence-electron chi connectivity index (χ2n) is 8.65. The van der Waals surface area contributed by atoms with Crippen LogP contribution in [0.1, 0.15) is 70.1 Å². The Bertz CT molecular complexity index is 774. The number of amides is 1. The summed E-state index contributed by atoms with van der Waals surface area (Å²) in [6.45, 7) is 11.3. The maximum Gasteiger partial charge on any atom is 0.231 e. The van der Waals surface area contributed by atoms with E-state index < -0.39 is 0 Å². The number of rotatable bonds is 3. The van der Waals surface area contributed by atoms with Gasteiger partial charge in [0.2, 0.25) is 5.91 Å². The zero-order valence-corrected chi connectivity index (χ0v) is 16.0. The summed E-state index contributed by atoms with van der Waals surface area (Å²) < 4.78 is 0. The van der Waals surface area contributed by atoms with Crippen LogP contribution in [0.5, 0.6) is 0 Å². The fraction of sp³-hybridized carbons (Fsp3) is 0.435. The van der Waals surface area contributed by atoms with Crippen LogP contribution in [0.4, 0.5) is 5.69 Å². The van der Waals surface area contributed by atoms with Crippen LogP contribution in [0, 0.1) is 0 Å². The first-order valence-corrected chi connectivity index (χ1v) is 9.21. The molecule has 0 bridgehead atoms. The van der Waals surface area contributed by atoms with Crippen LogP contribution in [-0.4, -0.2) is 5.91 Å². The van der Waals surface area contributed by atoms with Crippen LogP contribution in [0.15, 0.2) is 48.5 Å². The molecular formula is C23H29NO. The molecule has 0 aliphatic heterocycles. The van der Waals surface area contributed by atoms with E-state index in [9.17, 15) is 4.79 Å². The third kappa shape index (κ3) is 3.49. The number of benzene rings is 2. The minimum atomic E-state index is -0.175. The molecule has 0 saturated carbocycles. The highest BCUT2D eigenvalue weighted by molar-refractivity contribution is 5.95. The Labute approximate surface area is 151 Å². The Morgan fingerprint density at radius 3 is 2.16 bits per heavy atom.